The number of nitrogens with one attached hydrogen (secondary N) is 1. The second-order valence-corrected chi connectivity index (χ2v) is 8.07. The van der Waals surface area contributed by atoms with Crippen molar-refractivity contribution in [2.24, 2.45) is 0 Å². The fourth-order valence-corrected chi connectivity index (χ4v) is 3.96. The Balaban J connectivity index is 2.35. The number of methoxy groups -OCH3 is 1. The monoisotopic (exact) mass is 367 g/mol. The Morgan fingerprint density at radius 1 is 1.21 bits per heavy atom. The highest BCUT2D eigenvalue weighted by Gasteiger charge is 2.21. The number of ether oxygens (including phenoxy) is 1. The van der Waals surface area contributed by atoms with Crippen LogP contribution in [0.5, 0.6) is 5.75 Å². The largest absolute Gasteiger partial charge is 0.496 e. The molecule has 0 heterocycles. The van der Waals surface area contributed by atoms with E-state index in [2.05, 4.69) is 4.72 Å². The van der Waals surface area contributed by atoms with Gasteiger partial charge in [0.25, 0.3) is 0 Å². The Bertz CT molecular complexity index is 832. The molecule has 0 fully saturated rings. The lowest BCUT2D eigenvalue weighted by atomic mass is 10.0. The van der Waals surface area contributed by atoms with Gasteiger partial charge in [-0.15, -0.1) is 0 Å². The van der Waals surface area contributed by atoms with Crippen molar-refractivity contribution in [1.29, 1.82) is 0 Å². The van der Waals surface area contributed by atoms with E-state index >= 15 is 0 Å². The van der Waals surface area contributed by atoms with Gasteiger partial charge < -0.3 is 4.74 Å². The minimum atomic E-state index is -3.65. The van der Waals surface area contributed by atoms with Crippen molar-refractivity contribution in [2.45, 2.75) is 38.1 Å². The number of rotatable bonds is 6. The van der Waals surface area contributed by atoms with Crippen LogP contribution in [0.15, 0.2) is 41.3 Å². The molecule has 0 aliphatic carbocycles. The fraction of sp³-hybridized carbons (Fsp3) is 0.333. The molecule has 2 rings (SSSR count). The van der Waals surface area contributed by atoms with Crippen molar-refractivity contribution in [2.75, 3.05) is 7.11 Å². The second kappa shape index (κ2) is 7.55. The first kappa shape index (κ1) is 18.8. The van der Waals surface area contributed by atoms with Crippen LogP contribution in [0.3, 0.4) is 0 Å². The van der Waals surface area contributed by atoms with Gasteiger partial charge in [-0.3, -0.25) is 0 Å². The highest BCUT2D eigenvalue weighted by molar-refractivity contribution is 7.89. The van der Waals surface area contributed by atoms with E-state index in [0.29, 0.717) is 16.3 Å². The summed E-state index contributed by atoms with van der Waals surface area (Å²) in [6, 6.07) is 10.6. The first-order chi connectivity index (χ1) is 11.3. The molecular weight excluding hydrogens is 346 g/mol. The van der Waals surface area contributed by atoms with Crippen LogP contribution >= 0.6 is 11.6 Å². The van der Waals surface area contributed by atoms with Crippen LogP contribution in [-0.4, -0.2) is 15.5 Å². The molecule has 0 saturated carbocycles. The van der Waals surface area contributed by atoms with Gasteiger partial charge in [0.15, 0.2) is 0 Å². The van der Waals surface area contributed by atoms with E-state index in [1.807, 2.05) is 26.0 Å². The van der Waals surface area contributed by atoms with Gasteiger partial charge in [0.1, 0.15) is 5.75 Å². The zero-order chi connectivity index (χ0) is 17.9. The Labute approximate surface area is 148 Å². The van der Waals surface area contributed by atoms with E-state index < -0.39 is 10.0 Å². The summed E-state index contributed by atoms with van der Waals surface area (Å²) in [6.07, 6.45) is 0. The van der Waals surface area contributed by atoms with Crippen LogP contribution in [0.2, 0.25) is 5.02 Å². The summed E-state index contributed by atoms with van der Waals surface area (Å²) in [5.74, 6) is 0.852. The second-order valence-electron chi connectivity index (χ2n) is 5.93. The van der Waals surface area contributed by atoms with Crippen LogP contribution in [0.1, 0.15) is 36.5 Å². The molecule has 24 heavy (non-hydrogen) atoms. The minimum Gasteiger partial charge on any atom is -0.496 e. The molecule has 4 nitrogen and oxygen atoms in total. The third-order valence-electron chi connectivity index (χ3n) is 3.85. The Morgan fingerprint density at radius 2 is 1.88 bits per heavy atom. The average molecular weight is 368 g/mol. The Morgan fingerprint density at radius 3 is 2.46 bits per heavy atom. The van der Waals surface area contributed by atoms with Gasteiger partial charge in [-0.05, 0) is 47.7 Å². The molecular formula is C18H22ClNO3S. The summed E-state index contributed by atoms with van der Waals surface area (Å²) in [6.45, 7) is 5.91. The van der Waals surface area contributed by atoms with Crippen LogP contribution < -0.4 is 9.46 Å². The van der Waals surface area contributed by atoms with Crippen molar-refractivity contribution in [1.82, 2.24) is 4.72 Å². The molecule has 0 aliphatic heterocycles. The first-order valence-corrected chi connectivity index (χ1v) is 9.54. The Hall–Kier alpha value is -1.56. The van der Waals surface area contributed by atoms with Gasteiger partial charge in [0, 0.05) is 11.6 Å². The fourth-order valence-electron chi connectivity index (χ4n) is 2.49. The van der Waals surface area contributed by atoms with E-state index in [0.717, 1.165) is 11.1 Å². The molecule has 0 bridgehead atoms. The predicted octanol–water partition coefficient (Wildman–Crippen LogP) is 4.26. The van der Waals surface area contributed by atoms with Crippen molar-refractivity contribution in [3.63, 3.8) is 0 Å². The van der Waals surface area contributed by atoms with E-state index in [1.165, 1.54) is 0 Å². The third-order valence-corrected chi connectivity index (χ3v) is 5.76. The van der Waals surface area contributed by atoms with Gasteiger partial charge in [-0.25, -0.2) is 13.1 Å². The number of halogens is 1. The summed E-state index contributed by atoms with van der Waals surface area (Å²) in [5.41, 5.74) is 2.24. The van der Waals surface area contributed by atoms with E-state index in [4.69, 9.17) is 16.3 Å². The molecule has 1 N–H and O–H groups in total. The molecule has 0 unspecified atom stereocenters. The van der Waals surface area contributed by atoms with Crippen LogP contribution in [0, 0.1) is 6.92 Å². The number of benzene rings is 2. The zero-order valence-electron chi connectivity index (χ0n) is 14.3. The van der Waals surface area contributed by atoms with E-state index in [-0.39, 0.29) is 17.4 Å². The normalized spacial score (nSPS) is 11.8. The summed E-state index contributed by atoms with van der Waals surface area (Å²) in [5, 5.41) is 0.537. The quantitative estimate of drug-likeness (QED) is 0.829. The molecule has 0 saturated heterocycles. The van der Waals surface area contributed by atoms with Gasteiger partial charge in [0.05, 0.1) is 12.0 Å². The van der Waals surface area contributed by atoms with Crippen LogP contribution in [0.25, 0.3) is 0 Å². The van der Waals surface area contributed by atoms with E-state index in [1.54, 1.807) is 38.3 Å². The van der Waals surface area contributed by atoms with Crippen LogP contribution in [-0.2, 0) is 16.6 Å². The van der Waals surface area contributed by atoms with Crippen molar-refractivity contribution in [3.05, 3.63) is 58.1 Å². The van der Waals surface area contributed by atoms with Crippen molar-refractivity contribution < 1.29 is 13.2 Å². The highest BCUT2D eigenvalue weighted by Crippen LogP contribution is 2.31. The molecule has 0 aliphatic rings. The van der Waals surface area contributed by atoms with Crippen molar-refractivity contribution in [3.8, 4) is 5.75 Å². The lowest BCUT2D eigenvalue weighted by Crippen LogP contribution is -2.24. The molecule has 0 radical (unpaired) electrons. The number of hydrogen-bond donors (Lipinski definition) is 1. The van der Waals surface area contributed by atoms with Gasteiger partial charge in [-0.2, -0.15) is 0 Å². The number of aryl methyl sites for hydroxylation is 1. The lowest BCUT2D eigenvalue weighted by Gasteiger charge is -2.17. The summed E-state index contributed by atoms with van der Waals surface area (Å²) >= 11 is 6.09. The molecule has 0 spiro atoms. The summed E-state index contributed by atoms with van der Waals surface area (Å²) in [4.78, 5) is 0.263. The number of hydrogen-bond acceptors (Lipinski definition) is 3. The first-order valence-electron chi connectivity index (χ1n) is 7.68. The molecule has 2 aromatic rings. The topological polar surface area (TPSA) is 55.4 Å². The SMILES string of the molecule is COc1cc(C)c(S(=O)(=O)NCc2ccccc2Cl)cc1C(C)C. The van der Waals surface area contributed by atoms with E-state index in [9.17, 15) is 8.42 Å². The highest BCUT2D eigenvalue weighted by atomic mass is 35.5. The summed E-state index contributed by atoms with van der Waals surface area (Å²) in [7, 11) is -2.06. The Kier molecular flexibility index (Phi) is 5.91. The average Bonchev–Trinajstić information content (AvgIpc) is 2.53. The maximum Gasteiger partial charge on any atom is 0.241 e. The molecule has 0 amide bonds. The lowest BCUT2D eigenvalue weighted by molar-refractivity contribution is 0.406. The molecule has 6 heteroatoms. The molecule has 2 aromatic carbocycles. The zero-order valence-corrected chi connectivity index (χ0v) is 15.8. The molecule has 130 valence electrons. The van der Waals surface area contributed by atoms with Gasteiger partial charge >= 0.3 is 0 Å². The predicted molar refractivity (Wildman–Crippen MR) is 97.3 cm³/mol. The summed E-state index contributed by atoms with van der Waals surface area (Å²) < 4.78 is 33.4. The maximum absolute atomic E-state index is 12.7. The number of sulfonamides is 1. The minimum absolute atomic E-state index is 0.143. The molecule has 0 aromatic heterocycles. The third kappa shape index (κ3) is 4.09. The van der Waals surface area contributed by atoms with Gasteiger partial charge in [-0.1, -0.05) is 43.6 Å². The smallest absolute Gasteiger partial charge is 0.241 e. The molecule has 0 atom stereocenters. The van der Waals surface area contributed by atoms with Crippen LogP contribution in [0.4, 0.5) is 0 Å². The van der Waals surface area contributed by atoms with Gasteiger partial charge in [0.2, 0.25) is 10.0 Å². The standard InChI is InChI=1S/C18H22ClNO3S/c1-12(2)15-10-18(13(3)9-17(15)23-4)24(21,22)20-11-14-7-5-6-8-16(14)19/h5-10,12,20H,11H2,1-4H3. The van der Waals surface area contributed by atoms with Crippen molar-refractivity contribution >= 4 is 21.6 Å². The maximum atomic E-state index is 12.7.